The summed E-state index contributed by atoms with van der Waals surface area (Å²) in [4.78, 5) is 14.6. The lowest BCUT2D eigenvalue weighted by molar-refractivity contribution is -0.121. The van der Waals surface area contributed by atoms with Gasteiger partial charge in [-0.15, -0.1) is 10.2 Å². The van der Waals surface area contributed by atoms with Crippen LogP contribution in [-0.4, -0.2) is 56.8 Å². The molecule has 0 aliphatic heterocycles. The molecule has 0 atom stereocenters. The van der Waals surface area contributed by atoms with Crippen LogP contribution in [0.2, 0.25) is 0 Å². The van der Waals surface area contributed by atoms with E-state index in [2.05, 4.69) is 39.4 Å². The van der Waals surface area contributed by atoms with Gasteiger partial charge in [-0.2, -0.15) is 5.10 Å². The van der Waals surface area contributed by atoms with Crippen molar-refractivity contribution in [3.05, 3.63) is 23.1 Å². The second-order valence-electron chi connectivity index (χ2n) is 6.48. The van der Waals surface area contributed by atoms with Crippen molar-refractivity contribution in [1.29, 1.82) is 0 Å². The van der Waals surface area contributed by atoms with E-state index in [-0.39, 0.29) is 5.91 Å². The van der Waals surface area contributed by atoms with Gasteiger partial charge < -0.3 is 10.2 Å². The Balaban J connectivity index is 1.84. The third-order valence-electron chi connectivity index (χ3n) is 4.44. The predicted octanol–water partition coefficient (Wildman–Crippen LogP) is 1.91. The van der Waals surface area contributed by atoms with E-state index in [4.69, 9.17) is 0 Å². The minimum absolute atomic E-state index is 0.0908. The van der Waals surface area contributed by atoms with Crippen LogP contribution in [0.5, 0.6) is 0 Å². The number of nitrogens with one attached hydrogen (secondary N) is 1. The first-order valence-corrected chi connectivity index (χ1v) is 9.21. The van der Waals surface area contributed by atoms with Crippen LogP contribution in [-0.2, 0) is 11.2 Å². The van der Waals surface area contributed by atoms with Gasteiger partial charge in [0.25, 0.3) is 0 Å². The van der Waals surface area contributed by atoms with Crippen LogP contribution in [0.1, 0.15) is 49.9 Å². The number of rotatable bonds is 10. The highest BCUT2D eigenvalue weighted by Crippen LogP contribution is 2.17. The molecule has 0 bridgehead atoms. The highest BCUT2D eigenvalue weighted by molar-refractivity contribution is 5.76. The summed E-state index contributed by atoms with van der Waals surface area (Å²) in [6, 6.07) is 0. The number of nitrogens with zero attached hydrogens (tertiary/aromatic N) is 5. The monoisotopic (exact) mass is 346 g/mol. The molecule has 1 amide bonds. The number of hydrogen-bond acceptors (Lipinski definition) is 5. The Morgan fingerprint density at radius 1 is 1.20 bits per heavy atom. The maximum atomic E-state index is 12.2. The minimum atomic E-state index is 0.0908. The van der Waals surface area contributed by atoms with E-state index in [0.29, 0.717) is 19.4 Å². The Kier molecular flexibility index (Phi) is 7.31. The van der Waals surface area contributed by atoms with Crippen LogP contribution in [0.25, 0.3) is 5.65 Å². The molecule has 1 N–H and O–H groups in total. The molecule has 2 heterocycles. The molecule has 7 nitrogen and oxygen atoms in total. The van der Waals surface area contributed by atoms with E-state index in [1.54, 1.807) is 10.8 Å². The SMILES string of the molecule is CCCN(CCC)CCNC(=O)CCc1c(C)nn2cnnc2c1C. The summed E-state index contributed by atoms with van der Waals surface area (Å²) >= 11 is 0. The lowest BCUT2D eigenvalue weighted by atomic mass is 10.0. The third-order valence-corrected chi connectivity index (χ3v) is 4.44. The smallest absolute Gasteiger partial charge is 0.220 e. The Bertz CT molecular complexity index is 690. The molecule has 0 fully saturated rings. The lowest BCUT2D eigenvalue weighted by Crippen LogP contribution is -2.35. The summed E-state index contributed by atoms with van der Waals surface area (Å²) in [6.45, 7) is 12.2. The maximum Gasteiger partial charge on any atom is 0.220 e. The average molecular weight is 346 g/mol. The van der Waals surface area contributed by atoms with Crippen LogP contribution in [0.4, 0.5) is 0 Å². The van der Waals surface area contributed by atoms with Crippen molar-refractivity contribution in [2.24, 2.45) is 0 Å². The maximum absolute atomic E-state index is 12.2. The first kappa shape index (κ1) is 19.3. The van der Waals surface area contributed by atoms with Crippen molar-refractivity contribution < 1.29 is 4.79 Å². The van der Waals surface area contributed by atoms with Crippen molar-refractivity contribution in [3.8, 4) is 0 Å². The molecule has 2 aromatic rings. The molecule has 0 saturated carbocycles. The number of amides is 1. The Hall–Kier alpha value is -2.02. The fourth-order valence-corrected chi connectivity index (χ4v) is 3.19. The summed E-state index contributed by atoms with van der Waals surface area (Å²) in [5.41, 5.74) is 3.83. The first-order valence-electron chi connectivity index (χ1n) is 9.21. The van der Waals surface area contributed by atoms with Gasteiger partial charge in [-0.3, -0.25) is 4.79 Å². The molecule has 7 heteroatoms. The number of aromatic nitrogens is 4. The number of hydrogen-bond donors (Lipinski definition) is 1. The highest BCUT2D eigenvalue weighted by Gasteiger charge is 2.13. The summed E-state index contributed by atoms with van der Waals surface area (Å²) in [7, 11) is 0. The van der Waals surface area contributed by atoms with Crippen LogP contribution >= 0.6 is 0 Å². The van der Waals surface area contributed by atoms with Gasteiger partial charge in [-0.05, 0) is 51.8 Å². The second kappa shape index (κ2) is 9.46. The largest absolute Gasteiger partial charge is 0.355 e. The highest BCUT2D eigenvalue weighted by atomic mass is 16.1. The second-order valence-corrected chi connectivity index (χ2v) is 6.48. The molecule has 25 heavy (non-hydrogen) atoms. The topological polar surface area (TPSA) is 75.4 Å². The molecular weight excluding hydrogens is 316 g/mol. The quantitative estimate of drug-likeness (QED) is 0.711. The fraction of sp³-hybridized carbons (Fsp3) is 0.667. The average Bonchev–Trinajstić information content (AvgIpc) is 3.03. The van der Waals surface area contributed by atoms with E-state index in [1.807, 2.05) is 13.8 Å². The summed E-state index contributed by atoms with van der Waals surface area (Å²) in [5, 5.41) is 15.5. The Morgan fingerprint density at radius 3 is 2.60 bits per heavy atom. The normalized spacial score (nSPS) is 11.4. The van der Waals surface area contributed by atoms with Gasteiger partial charge in [0.1, 0.15) is 6.33 Å². The molecule has 2 aromatic heterocycles. The molecular formula is C18H30N6O. The Labute approximate surface area is 149 Å². The number of carbonyl (C=O) groups is 1. The van der Waals surface area contributed by atoms with E-state index >= 15 is 0 Å². The number of carbonyl (C=O) groups excluding carboxylic acids is 1. The van der Waals surface area contributed by atoms with E-state index < -0.39 is 0 Å². The standard InChI is InChI=1S/C18H30N6O/c1-5-10-23(11-6-2)12-9-19-17(25)8-7-16-14(3)18-21-20-13-24(18)22-15(16)4/h13H,5-12H2,1-4H3,(H,19,25). The molecule has 2 rings (SSSR count). The van der Waals surface area contributed by atoms with Gasteiger partial charge in [0.2, 0.25) is 5.91 Å². The van der Waals surface area contributed by atoms with Crippen molar-refractivity contribution in [3.63, 3.8) is 0 Å². The zero-order valence-corrected chi connectivity index (χ0v) is 15.9. The number of aryl methyl sites for hydroxylation is 2. The molecule has 0 saturated heterocycles. The van der Waals surface area contributed by atoms with Crippen molar-refractivity contribution >= 4 is 11.6 Å². The summed E-state index contributed by atoms with van der Waals surface area (Å²) < 4.78 is 1.68. The van der Waals surface area contributed by atoms with Gasteiger partial charge in [-0.25, -0.2) is 4.52 Å². The fourth-order valence-electron chi connectivity index (χ4n) is 3.19. The molecule has 138 valence electrons. The van der Waals surface area contributed by atoms with Crippen LogP contribution < -0.4 is 5.32 Å². The van der Waals surface area contributed by atoms with Crippen molar-refractivity contribution in [2.75, 3.05) is 26.2 Å². The molecule has 0 aliphatic rings. The van der Waals surface area contributed by atoms with Crippen LogP contribution in [0, 0.1) is 13.8 Å². The lowest BCUT2D eigenvalue weighted by Gasteiger charge is -2.21. The molecule has 0 aliphatic carbocycles. The predicted molar refractivity (Wildman–Crippen MR) is 98.6 cm³/mol. The van der Waals surface area contributed by atoms with Gasteiger partial charge in [0.05, 0.1) is 5.69 Å². The zero-order chi connectivity index (χ0) is 18.2. The summed E-state index contributed by atoms with van der Waals surface area (Å²) in [6.07, 6.45) is 5.03. The van der Waals surface area contributed by atoms with E-state index in [9.17, 15) is 4.79 Å². The van der Waals surface area contributed by atoms with Gasteiger partial charge in [0.15, 0.2) is 5.65 Å². The molecule has 0 radical (unpaired) electrons. The first-order chi connectivity index (χ1) is 12.1. The van der Waals surface area contributed by atoms with Gasteiger partial charge in [0, 0.05) is 25.1 Å². The van der Waals surface area contributed by atoms with Crippen LogP contribution in [0.15, 0.2) is 6.33 Å². The zero-order valence-electron chi connectivity index (χ0n) is 15.9. The van der Waals surface area contributed by atoms with Gasteiger partial charge in [-0.1, -0.05) is 13.8 Å². The van der Waals surface area contributed by atoms with Crippen molar-refractivity contribution in [2.45, 2.75) is 53.4 Å². The van der Waals surface area contributed by atoms with E-state index in [0.717, 1.165) is 54.9 Å². The molecule has 0 aromatic carbocycles. The van der Waals surface area contributed by atoms with Gasteiger partial charge >= 0.3 is 0 Å². The summed E-state index contributed by atoms with van der Waals surface area (Å²) in [5.74, 6) is 0.0908. The van der Waals surface area contributed by atoms with E-state index in [1.165, 1.54) is 0 Å². The minimum Gasteiger partial charge on any atom is -0.355 e. The van der Waals surface area contributed by atoms with Crippen LogP contribution in [0.3, 0.4) is 0 Å². The number of fused-ring (bicyclic) bond motifs is 1. The third kappa shape index (κ3) is 5.22. The van der Waals surface area contributed by atoms with Crippen molar-refractivity contribution in [1.82, 2.24) is 30.0 Å². The Morgan fingerprint density at radius 2 is 1.92 bits per heavy atom. The molecule has 0 unspecified atom stereocenters. The molecule has 0 spiro atoms.